The summed E-state index contributed by atoms with van der Waals surface area (Å²) in [5, 5.41) is 3.46. The van der Waals surface area contributed by atoms with Crippen molar-refractivity contribution < 1.29 is 14.3 Å². The number of halogens is 1. The molecule has 1 aromatic rings. The third-order valence-electron chi connectivity index (χ3n) is 3.16. The molecule has 0 aromatic heterocycles. The van der Waals surface area contributed by atoms with E-state index in [1.165, 1.54) is 0 Å². The molecule has 0 atom stereocenters. The Kier molecular flexibility index (Phi) is 5.01. The molecule has 0 bridgehead atoms. The molecule has 1 saturated carbocycles. The molecule has 0 radical (unpaired) electrons. The first kappa shape index (κ1) is 14.9. The lowest BCUT2D eigenvalue weighted by Gasteiger charge is -2.06. The minimum atomic E-state index is -0.368. The summed E-state index contributed by atoms with van der Waals surface area (Å²) in [7, 11) is 0. The number of esters is 1. The van der Waals surface area contributed by atoms with E-state index in [-0.39, 0.29) is 30.9 Å². The lowest BCUT2D eigenvalue weighted by atomic mass is 10.1. The van der Waals surface area contributed by atoms with Crippen molar-refractivity contribution in [2.75, 3.05) is 6.61 Å². The summed E-state index contributed by atoms with van der Waals surface area (Å²) < 4.78 is 4.92. The highest BCUT2D eigenvalue weighted by atomic mass is 35.5. The van der Waals surface area contributed by atoms with Crippen molar-refractivity contribution in [3.05, 3.63) is 34.3 Å². The Morgan fingerprint density at radius 2 is 2.15 bits per heavy atom. The molecule has 1 amide bonds. The molecule has 108 valence electrons. The summed E-state index contributed by atoms with van der Waals surface area (Å²) in [4.78, 5) is 22.9. The predicted octanol–water partition coefficient (Wildman–Crippen LogP) is 2.40. The third kappa shape index (κ3) is 4.85. The molecule has 1 fully saturated rings. The molecule has 1 aliphatic carbocycles. The second kappa shape index (κ2) is 6.75. The molecule has 2 rings (SSSR count). The maximum Gasteiger partial charge on any atom is 0.306 e. The van der Waals surface area contributed by atoms with E-state index in [1.54, 1.807) is 0 Å². The molecule has 1 aliphatic rings. The number of carbonyl (C=O) groups is 2. The van der Waals surface area contributed by atoms with E-state index in [0.717, 1.165) is 24.0 Å². The van der Waals surface area contributed by atoms with Gasteiger partial charge in [0, 0.05) is 17.5 Å². The molecular formula is C15H18ClNO3. The quantitative estimate of drug-likeness (QED) is 0.820. The summed E-state index contributed by atoms with van der Waals surface area (Å²) >= 11 is 6.02. The molecule has 0 heterocycles. The van der Waals surface area contributed by atoms with Gasteiger partial charge in [0.2, 0.25) is 0 Å². The summed E-state index contributed by atoms with van der Waals surface area (Å²) in [6, 6.07) is 6.00. The van der Waals surface area contributed by atoms with Crippen LogP contribution in [0.3, 0.4) is 0 Å². The first-order chi connectivity index (χ1) is 9.54. The summed E-state index contributed by atoms with van der Waals surface area (Å²) in [5.74, 6) is -0.591. The number of benzene rings is 1. The van der Waals surface area contributed by atoms with Crippen LogP contribution in [-0.2, 0) is 20.7 Å². The van der Waals surface area contributed by atoms with Crippen molar-refractivity contribution in [1.29, 1.82) is 0 Å². The molecule has 1 aromatic carbocycles. The van der Waals surface area contributed by atoms with Crippen LogP contribution in [-0.4, -0.2) is 24.5 Å². The molecule has 0 unspecified atom stereocenters. The Bertz CT molecular complexity index is 512. The van der Waals surface area contributed by atoms with E-state index in [1.807, 2.05) is 25.1 Å². The lowest BCUT2D eigenvalue weighted by Crippen LogP contribution is -2.30. The van der Waals surface area contributed by atoms with E-state index < -0.39 is 0 Å². The molecule has 0 aliphatic heterocycles. The number of rotatable bonds is 6. The smallest absolute Gasteiger partial charge is 0.306 e. The van der Waals surface area contributed by atoms with Gasteiger partial charge in [-0.1, -0.05) is 23.7 Å². The van der Waals surface area contributed by atoms with Gasteiger partial charge in [0.25, 0.3) is 5.91 Å². The fraction of sp³-hybridized carbons (Fsp3) is 0.467. The van der Waals surface area contributed by atoms with Crippen molar-refractivity contribution >= 4 is 23.5 Å². The Morgan fingerprint density at radius 3 is 2.80 bits per heavy atom. The Balaban J connectivity index is 1.68. The Hall–Kier alpha value is -1.55. The number of hydrogen-bond acceptors (Lipinski definition) is 3. The van der Waals surface area contributed by atoms with Crippen molar-refractivity contribution in [3.63, 3.8) is 0 Å². The summed E-state index contributed by atoms with van der Waals surface area (Å²) in [6.07, 6.45) is 2.85. The van der Waals surface area contributed by atoms with E-state index in [4.69, 9.17) is 16.3 Å². The zero-order valence-corrected chi connectivity index (χ0v) is 12.2. The van der Waals surface area contributed by atoms with Gasteiger partial charge in [-0.25, -0.2) is 0 Å². The minimum Gasteiger partial charge on any atom is -0.456 e. The number of hydrogen-bond donors (Lipinski definition) is 1. The number of amides is 1. The van der Waals surface area contributed by atoms with Gasteiger partial charge in [0.1, 0.15) is 0 Å². The maximum absolute atomic E-state index is 11.5. The summed E-state index contributed by atoms with van der Waals surface area (Å²) in [6.45, 7) is 1.74. The van der Waals surface area contributed by atoms with E-state index in [0.29, 0.717) is 11.4 Å². The van der Waals surface area contributed by atoms with Gasteiger partial charge in [-0.2, -0.15) is 0 Å². The minimum absolute atomic E-state index is 0.190. The Labute approximate surface area is 123 Å². The predicted molar refractivity (Wildman–Crippen MR) is 76.6 cm³/mol. The van der Waals surface area contributed by atoms with Gasteiger partial charge in [0.05, 0.1) is 0 Å². The number of nitrogens with one attached hydrogen (secondary N) is 1. The maximum atomic E-state index is 11.5. The van der Waals surface area contributed by atoms with Crippen molar-refractivity contribution in [2.24, 2.45) is 0 Å². The zero-order valence-electron chi connectivity index (χ0n) is 11.4. The van der Waals surface area contributed by atoms with Crippen molar-refractivity contribution in [2.45, 2.75) is 38.6 Å². The van der Waals surface area contributed by atoms with Crippen molar-refractivity contribution in [3.8, 4) is 0 Å². The molecular weight excluding hydrogens is 278 g/mol. The van der Waals surface area contributed by atoms with Gasteiger partial charge in [-0.15, -0.1) is 0 Å². The molecule has 5 heteroatoms. The zero-order chi connectivity index (χ0) is 14.5. The van der Waals surface area contributed by atoms with Crippen LogP contribution < -0.4 is 5.32 Å². The van der Waals surface area contributed by atoms with Crippen LogP contribution in [0.1, 0.15) is 30.4 Å². The SMILES string of the molecule is Cc1ccc(CCC(=O)OCC(=O)NC2CC2)cc1Cl. The molecule has 4 nitrogen and oxygen atoms in total. The van der Waals surface area contributed by atoms with Crippen LogP contribution in [0.2, 0.25) is 5.02 Å². The third-order valence-corrected chi connectivity index (χ3v) is 3.57. The lowest BCUT2D eigenvalue weighted by molar-refractivity contribution is -0.148. The van der Waals surface area contributed by atoms with Crippen LogP contribution in [0.4, 0.5) is 0 Å². The average molecular weight is 296 g/mol. The summed E-state index contributed by atoms with van der Waals surface area (Å²) in [5.41, 5.74) is 2.00. The first-order valence-electron chi connectivity index (χ1n) is 6.74. The van der Waals surface area contributed by atoms with Crippen LogP contribution in [0.15, 0.2) is 18.2 Å². The van der Waals surface area contributed by atoms with E-state index >= 15 is 0 Å². The topological polar surface area (TPSA) is 55.4 Å². The second-order valence-electron chi connectivity index (χ2n) is 5.09. The van der Waals surface area contributed by atoms with Crippen molar-refractivity contribution in [1.82, 2.24) is 5.32 Å². The molecule has 20 heavy (non-hydrogen) atoms. The number of carbonyl (C=O) groups excluding carboxylic acids is 2. The van der Waals surface area contributed by atoms with Gasteiger partial charge in [-0.3, -0.25) is 9.59 Å². The molecule has 1 N–H and O–H groups in total. The molecule has 0 saturated heterocycles. The number of ether oxygens (including phenoxy) is 1. The van der Waals surface area contributed by atoms with Crippen LogP contribution >= 0.6 is 11.6 Å². The van der Waals surface area contributed by atoms with Gasteiger partial charge >= 0.3 is 5.97 Å². The average Bonchev–Trinajstić information content (AvgIpc) is 3.21. The monoisotopic (exact) mass is 295 g/mol. The fourth-order valence-electron chi connectivity index (χ4n) is 1.75. The van der Waals surface area contributed by atoms with Crippen LogP contribution in [0, 0.1) is 6.92 Å². The fourth-order valence-corrected chi connectivity index (χ4v) is 1.96. The van der Waals surface area contributed by atoms with Gasteiger partial charge < -0.3 is 10.1 Å². The highest BCUT2D eigenvalue weighted by Crippen LogP contribution is 2.18. The van der Waals surface area contributed by atoms with Gasteiger partial charge in [-0.05, 0) is 43.4 Å². The largest absolute Gasteiger partial charge is 0.456 e. The van der Waals surface area contributed by atoms with E-state index in [9.17, 15) is 9.59 Å². The highest BCUT2D eigenvalue weighted by molar-refractivity contribution is 6.31. The second-order valence-corrected chi connectivity index (χ2v) is 5.49. The van der Waals surface area contributed by atoms with E-state index in [2.05, 4.69) is 5.32 Å². The normalized spacial score (nSPS) is 13.9. The molecule has 0 spiro atoms. The van der Waals surface area contributed by atoms with Crippen LogP contribution in [0.25, 0.3) is 0 Å². The van der Waals surface area contributed by atoms with Crippen LogP contribution in [0.5, 0.6) is 0 Å². The Morgan fingerprint density at radius 1 is 1.40 bits per heavy atom. The number of aryl methyl sites for hydroxylation is 2. The first-order valence-corrected chi connectivity index (χ1v) is 7.12. The highest BCUT2D eigenvalue weighted by Gasteiger charge is 2.23. The van der Waals surface area contributed by atoms with Gasteiger partial charge in [0.15, 0.2) is 6.61 Å². The standard InChI is InChI=1S/C15H18ClNO3/c1-10-2-3-11(8-13(10)16)4-7-15(19)20-9-14(18)17-12-5-6-12/h2-3,8,12H,4-7,9H2,1H3,(H,17,18).